The molecule has 3 nitrogen and oxygen atoms in total. The zero-order valence-electron chi connectivity index (χ0n) is 15.6. The van der Waals surface area contributed by atoms with Crippen LogP contribution in [-0.4, -0.2) is 12.5 Å². The van der Waals surface area contributed by atoms with E-state index in [1.807, 2.05) is 25.1 Å². The quantitative estimate of drug-likeness (QED) is 0.769. The molecule has 1 amide bonds. The highest BCUT2D eigenvalue weighted by molar-refractivity contribution is 6.31. The van der Waals surface area contributed by atoms with Gasteiger partial charge in [-0.25, -0.2) is 0 Å². The highest BCUT2D eigenvalue weighted by Crippen LogP contribution is 2.32. The van der Waals surface area contributed by atoms with Crippen LogP contribution in [0.5, 0.6) is 5.75 Å². The molecule has 1 aliphatic carbocycles. The maximum Gasteiger partial charge on any atom is 0.258 e. The molecule has 0 unspecified atom stereocenters. The van der Waals surface area contributed by atoms with Crippen molar-refractivity contribution in [2.45, 2.75) is 52.0 Å². The fourth-order valence-corrected chi connectivity index (χ4v) is 3.70. The van der Waals surface area contributed by atoms with Crippen molar-refractivity contribution in [1.82, 2.24) is 5.32 Å². The summed E-state index contributed by atoms with van der Waals surface area (Å²) in [6.07, 6.45) is 3.15. The molecular formula is C22H26ClNO2. The fourth-order valence-electron chi connectivity index (χ4n) is 3.53. The molecule has 2 aromatic carbocycles. The highest BCUT2D eigenvalue weighted by atomic mass is 35.5. The lowest BCUT2D eigenvalue weighted by atomic mass is 9.88. The van der Waals surface area contributed by atoms with Crippen molar-refractivity contribution in [3.63, 3.8) is 0 Å². The van der Waals surface area contributed by atoms with Crippen molar-refractivity contribution >= 4 is 17.5 Å². The Bertz CT molecular complexity index is 801. The van der Waals surface area contributed by atoms with Crippen molar-refractivity contribution in [2.24, 2.45) is 0 Å². The van der Waals surface area contributed by atoms with Crippen LogP contribution in [0.3, 0.4) is 0 Å². The van der Waals surface area contributed by atoms with Gasteiger partial charge in [-0.1, -0.05) is 49.7 Å². The van der Waals surface area contributed by atoms with Gasteiger partial charge < -0.3 is 10.1 Å². The average Bonchev–Trinajstić information content (AvgIpc) is 2.62. The lowest BCUT2D eigenvalue weighted by Gasteiger charge is -2.26. The molecule has 1 aliphatic rings. The molecule has 0 spiro atoms. The van der Waals surface area contributed by atoms with E-state index in [2.05, 4.69) is 37.4 Å². The number of hydrogen-bond donors (Lipinski definition) is 1. The molecular weight excluding hydrogens is 346 g/mol. The van der Waals surface area contributed by atoms with Crippen LogP contribution in [0.25, 0.3) is 0 Å². The summed E-state index contributed by atoms with van der Waals surface area (Å²) in [4.78, 5) is 12.5. The van der Waals surface area contributed by atoms with Gasteiger partial charge in [0.2, 0.25) is 0 Å². The molecule has 4 heteroatoms. The Morgan fingerprint density at radius 3 is 2.85 bits per heavy atom. The molecule has 0 heterocycles. The lowest BCUT2D eigenvalue weighted by Crippen LogP contribution is -2.34. The van der Waals surface area contributed by atoms with Crippen LogP contribution < -0.4 is 10.1 Å². The smallest absolute Gasteiger partial charge is 0.258 e. The third-order valence-electron chi connectivity index (χ3n) is 4.98. The van der Waals surface area contributed by atoms with E-state index >= 15 is 0 Å². The summed E-state index contributed by atoms with van der Waals surface area (Å²) >= 11 is 6.23. The minimum Gasteiger partial charge on any atom is -0.483 e. The Hall–Kier alpha value is -2.00. The van der Waals surface area contributed by atoms with Gasteiger partial charge in [0, 0.05) is 5.02 Å². The van der Waals surface area contributed by atoms with Crippen LogP contribution in [0, 0.1) is 6.92 Å². The first-order valence-electron chi connectivity index (χ1n) is 9.25. The van der Waals surface area contributed by atoms with Crippen molar-refractivity contribution in [3.05, 3.63) is 63.7 Å². The molecule has 0 radical (unpaired) electrons. The maximum absolute atomic E-state index is 12.5. The van der Waals surface area contributed by atoms with Gasteiger partial charge in [-0.15, -0.1) is 0 Å². The van der Waals surface area contributed by atoms with Gasteiger partial charge in [0.05, 0.1) is 6.04 Å². The van der Waals surface area contributed by atoms with Crippen LogP contribution >= 0.6 is 11.6 Å². The van der Waals surface area contributed by atoms with Gasteiger partial charge in [-0.2, -0.15) is 0 Å². The second-order valence-corrected chi connectivity index (χ2v) is 7.70. The van der Waals surface area contributed by atoms with Gasteiger partial charge in [-0.3, -0.25) is 4.79 Å². The van der Waals surface area contributed by atoms with Gasteiger partial charge in [0.25, 0.3) is 5.91 Å². The summed E-state index contributed by atoms with van der Waals surface area (Å²) in [6, 6.07) is 12.3. The van der Waals surface area contributed by atoms with E-state index in [4.69, 9.17) is 16.3 Å². The number of fused-ring (bicyclic) bond motifs is 1. The molecule has 1 N–H and O–H groups in total. The summed E-state index contributed by atoms with van der Waals surface area (Å²) in [5, 5.41) is 3.86. The Kier molecular flexibility index (Phi) is 5.87. The van der Waals surface area contributed by atoms with Crippen LogP contribution in [0.15, 0.2) is 36.4 Å². The SMILES string of the molecule is Cc1cc(OCC(=O)N[C@H]2CCCc3ccccc32)c(C(C)C)cc1Cl. The number of benzene rings is 2. The minimum absolute atomic E-state index is 0.0134. The zero-order chi connectivity index (χ0) is 18.7. The number of amides is 1. The number of carbonyl (C=O) groups excluding carboxylic acids is 1. The van der Waals surface area contributed by atoms with Gasteiger partial charge >= 0.3 is 0 Å². The lowest BCUT2D eigenvalue weighted by molar-refractivity contribution is -0.124. The summed E-state index contributed by atoms with van der Waals surface area (Å²) < 4.78 is 5.85. The first-order valence-corrected chi connectivity index (χ1v) is 9.63. The van der Waals surface area contributed by atoms with E-state index in [1.54, 1.807) is 0 Å². The largest absolute Gasteiger partial charge is 0.483 e. The molecule has 3 rings (SSSR count). The van der Waals surface area contributed by atoms with E-state index in [0.717, 1.165) is 41.2 Å². The summed E-state index contributed by atoms with van der Waals surface area (Å²) in [7, 11) is 0. The molecule has 1 atom stereocenters. The Labute approximate surface area is 160 Å². The molecule has 2 aromatic rings. The number of ether oxygens (including phenoxy) is 1. The maximum atomic E-state index is 12.5. The minimum atomic E-state index is -0.0889. The van der Waals surface area contributed by atoms with Crippen LogP contribution in [0.2, 0.25) is 5.02 Å². The Morgan fingerprint density at radius 2 is 2.08 bits per heavy atom. The van der Waals surface area contributed by atoms with E-state index in [0.29, 0.717) is 0 Å². The van der Waals surface area contributed by atoms with E-state index in [1.165, 1.54) is 11.1 Å². The first-order chi connectivity index (χ1) is 12.5. The number of aryl methyl sites for hydroxylation is 2. The Morgan fingerprint density at radius 1 is 1.31 bits per heavy atom. The summed E-state index contributed by atoms with van der Waals surface area (Å²) in [5.41, 5.74) is 4.54. The van der Waals surface area contributed by atoms with Gasteiger partial charge in [0.15, 0.2) is 6.61 Å². The molecule has 0 aliphatic heterocycles. The molecule has 26 heavy (non-hydrogen) atoms. The molecule has 0 aromatic heterocycles. The van der Waals surface area contributed by atoms with Gasteiger partial charge in [-0.05, 0) is 66.5 Å². The van der Waals surface area contributed by atoms with Crippen LogP contribution in [0.1, 0.15) is 60.9 Å². The number of carbonyl (C=O) groups is 1. The molecule has 138 valence electrons. The molecule has 0 fully saturated rings. The first kappa shape index (κ1) is 18.8. The molecule has 0 bridgehead atoms. The van der Waals surface area contributed by atoms with Crippen molar-refractivity contribution < 1.29 is 9.53 Å². The van der Waals surface area contributed by atoms with Crippen molar-refractivity contribution in [1.29, 1.82) is 0 Å². The third kappa shape index (κ3) is 4.21. The standard InChI is InChI=1S/C22H26ClNO2/c1-14(2)18-12-19(23)15(3)11-21(18)26-13-22(25)24-20-10-6-8-16-7-4-5-9-17(16)20/h4-5,7,9,11-12,14,20H,6,8,10,13H2,1-3H3,(H,24,25)/t20-/m0/s1. The van der Waals surface area contributed by atoms with Crippen molar-refractivity contribution in [3.8, 4) is 5.75 Å². The molecule has 0 saturated heterocycles. The third-order valence-corrected chi connectivity index (χ3v) is 5.38. The van der Waals surface area contributed by atoms with Crippen molar-refractivity contribution in [2.75, 3.05) is 6.61 Å². The predicted molar refractivity (Wildman–Crippen MR) is 106 cm³/mol. The van der Waals surface area contributed by atoms with E-state index in [-0.39, 0.29) is 24.5 Å². The van der Waals surface area contributed by atoms with E-state index < -0.39 is 0 Å². The second-order valence-electron chi connectivity index (χ2n) is 7.29. The number of halogens is 1. The van der Waals surface area contributed by atoms with E-state index in [9.17, 15) is 4.79 Å². The molecule has 0 saturated carbocycles. The van der Waals surface area contributed by atoms with Crippen LogP contribution in [-0.2, 0) is 11.2 Å². The number of nitrogens with one attached hydrogen (secondary N) is 1. The zero-order valence-corrected chi connectivity index (χ0v) is 16.4. The Balaban J connectivity index is 1.66. The highest BCUT2D eigenvalue weighted by Gasteiger charge is 2.21. The number of hydrogen-bond acceptors (Lipinski definition) is 2. The average molecular weight is 372 g/mol. The van der Waals surface area contributed by atoms with Gasteiger partial charge in [0.1, 0.15) is 5.75 Å². The fraction of sp³-hybridized carbons (Fsp3) is 0.409. The topological polar surface area (TPSA) is 38.3 Å². The normalized spacial score (nSPS) is 16.3. The summed E-state index contributed by atoms with van der Waals surface area (Å²) in [5.74, 6) is 0.923. The predicted octanol–water partition coefficient (Wildman–Crippen LogP) is 5.34. The summed E-state index contributed by atoms with van der Waals surface area (Å²) in [6.45, 7) is 6.14. The van der Waals surface area contributed by atoms with Crippen LogP contribution in [0.4, 0.5) is 0 Å². The number of rotatable bonds is 5. The second kappa shape index (κ2) is 8.13. The monoisotopic (exact) mass is 371 g/mol.